The van der Waals surface area contributed by atoms with Crippen LogP contribution in [0.25, 0.3) is 0 Å². The van der Waals surface area contributed by atoms with Gasteiger partial charge in [-0.3, -0.25) is 4.79 Å². The third kappa shape index (κ3) is 2.11. The van der Waals surface area contributed by atoms with Crippen LogP contribution in [0.4, 0.5) is 0 Å². The van der Waals surface area contributed by atoms with Crippen molar-refractivity contribution in [2.45, 2.75) is 43.8 Å². The van der Waals surface area contributed by atoms with Gasteiger partial charge < -0.3 is 10.6 Å². The molecule has 2 aliphatic rings. The van der Waals surface area contributed by atoms with E-state index in [9.17, 15) is 4.79 Å². The van der Waals surface area contributed by atoms with E-state index in [0.717, 1.165) is 25.7 Å². The molecule has 2 N–H and O–H groups in total. The van der Waals surface area contributed by atoms with Gasteiger partial charge in [0.2, 0.25) is 0 Å². The molecule has 2 unspecified atom stereocenters. The number of carbonyl (C=O) groups is 1. The van der Waals surface area contributed by atoms with Crippen LogP contribution in [0.1, 0.15) is 41.6 Å². The van der Waals surface area contributed by atoms with Crippen molar-refractivity contribution in [1.82, 2.24) is 4.90 Å². The van der Waals surface area contributed by atoms with Gasteiger partial charge in [-0.25, -0.2) is 0 Å². The summed E-state index contributed by atoms with van der Waals surface area (Å²) >= 11 is 0. The van der Waals surface area contributed by atoms with Crippen LogP contribution in [-0.4, -0.2) is 28.9 Å². The summed E-state index contributed by atoms with van der Waals surface area (Å²) in [5.41, 5.74) is 7.17. The summed E-state index contributed by atoms with van der Waals surface area (Å²) in [4.78, 5) is 14.6. The maximum atomic E-state index is 12.6. The molecule has 2 atom stereocenters. The van der Waals surface area contributed by atoms with E-state index in [0.29, 0.717) is 11.1 Å². The molecule has 4 heteroatoms. The molecule has 1 aromatic carbocycles. The fraction of sp³-hybridized carbons (Fsp3) is 0.467. The van der Waals surface area contributed by atoms with E-state index in [1.165, 1.54) is 0 Å². The van der Waals surface area contributed by atoms with Crippen LogP contribution >= 0.6 is 0 Å². The Hall–Kier alpha value is -1.86. The second-order valence-corrected chi connectivity index (χ2v) is 5.52. The zero-order valence-corrected chi connectivity index (χ0v) is 10.7. The Bertz CT molecular complexity index is 535. The number of rotatable bonds is 1. The number of hydrogen-bond donors (Lipinski definition) is 1. The molecule has 0 spiro atoms. The van der Waals surface area contributed by atoms with Crippen molar-refractivity contribution in [2.75, 3.05) is 0 Å². The highest BCUT2D eigenvalue weighted by atomic mass is 16.2. The first kappa shape index (κ1) is 12.2. The predicted octanol–water partition coefficient (Wildman–Crippen LogP) is 1.65. The van der Waals surface area contributed by atoms with E-state index in [4.69, 9.17) is 11.0 Å². The van der Waals surface area contributed by atoms with Crippen LogP contribution in [0.5, 0.6) is 0 Å². The maximum Gasteiger partial charge on any atom is 0.254 e. The lowest BCUT2D eigenvalue weighted by atomic mass is 9.97. The lowest BCUT2D eigenvalue weighted by Crippen LogP contribution is -2.50. The van der Waals surface area contributed by atoms with Gasteiger partial charge in [0.1, 0.15) is 0 Å². The smallest absolute Gasteiger partial charge is 0.254 e. The summed E-state index contributed by atoms with van der Waals surface area (Å²) in [6.45, 7) is 0. The van der Waals surface area contributed by atoms with Gasteiger partial charge in [0.15, 0.2) is 0 Å². The van der Waals surface area contributed by atoms with E-state index < -0.39 is 0 Å². The molecule has 4 nitrogen and oxygen atoms in total. The Morgan fingerprint density at radius 3 is 2.63 bits per heavy atom. The molecule has 3 rings (SSSR count). The molecule has 19 heavy (non-hydrogen) atoms. The number of carbonyl (C=O) groups excluding carboxylic acids is 1. The van der Waals surface area contributed by atoms with E-state index >= 15 is 0 Å². The van der Waals surface area contributed by atoms with Gasteiger partial charge in [0.05, 0.1) is 11.6 Å². The molecular weight excluding hydrogens is 238 g/mol. The van der Waals surface area contributed by atoms with Crippen LogP contribution in [-0.2, 0) is 0 Å². The Balaban J connectivity index is 1.87. The number of benzene rings is 1. The molecule has 2 saturated heterocycles. The second-order valence-electron chi connectivity index (χ2n) is 5.52. The Morgan fingerprint density at radius 1 is 1.32 bits per heavy atom. The minimum Gasteiger partial charge on any atom is -0.333 e. The molecular formula is C15H17N3O. The molecule has 0 saturated carbocycles. The SMILES string of the molecule is N#Cc1cccc(C(=O)N2C3CCC2CC(N)C3)c1. The van der Waals surface area contributed by atoms with Gasteiger partial charge >= 0.3 is 0 Å². The minimum atomic E-state index is 0.0523. The quantitative estimate of drug-likeness (QED) is 0.829. The average Bonchev–Trinajstić information content (AvgIpc) is 2.70. The van der Waals surface area contributed by atoms with Crippen LogP contribution in [0.2, 0.25) is 0 Å². The number of nitrogens with two attached hydrogens (primary N) is 1. The normalized spacial score (nSPS) is 29.1. The molecule has 0 aliphatic carbocycles. The molecule has 2 fully saturated rings. The van der Waals surface area contributed by atoms with Gasteiger partial charge in [-0.05, 0) is 43.9 Å². The standard InChI is InChI=1S/C15H17N3O/c16-9-10-2-1-3-11(6-10)15(19)18-13-4-5-14(18)8-12(17)7-13/h1-3,6,12-14H,4-5,7-8,17H2. The van der Waals surface area contributed by atoms with E-state index in [2.05, 4.69) is 6.07 Å². The summed E-state index contributed by atoms with van der Waals surface area (Å²) in [7, 11) is 0. The first-order chi connectivity index (χ1) is 9.19. The molecule has 2 heterocycles. The van der Waals surface area contributed by atoms with Crippen molar-refractivity contribution in [2.24, 2.45) is 5.73 Å². The molecule has 98 valence electrons. The van der Waals surface area contributed by atoms with Crippen molar-refractivity contribution >= 4 is 5.91 Å². The third-order valence-corrected chi connectivity index (χ3v) is 4.24. The summed E-state index contributed by atoms with van der Waals surface area (Å²) in [5, 5.41) is 8.91. The number of amides is 1. The van der Waals surface area contributed by atoms with Gasteiger partial charge in [0.25, 0.3) is 5.91 Å². The van der Waals surface area contributed by atoms with Crippen LogP contribution in [0.3, 0.4) is 0 Å². The molecule has 1 amide bonds. The fourth-order valence-electron chi connectivity index (χ4n) is 3.42. The Kier molecular flexibility index (Phi) is 3.00. The highest BCUT2D eigenvalue weighted by molar-refractivity contribution is 5.95. The minimum absolute atomic E-state index is 0.0523. The van der Waals surface area contributed by atoms with Gasteiger partial charge in [0, 0.05) is 23.7 Å². The van der Waals surface area contributed by atoms with Crippen LogP contribution in [0.15, 0.2) is 24.3 Å². The van der Waals surface area contributed by atoms with Gasteiger partial charge in [-0.15, -0.1) is 0 Å². The first-order valence-corrected chi connectivity index (χ1v) is 6.77. The van der Waals surface area contributed by atoms with Crippen molar-refractivity contribution in [3.05, 3.63) is 35.4 Å². The zero-order valence-electron chi connectivity index (χ0n) is 10.7. The molecule has 2 aliphatic heterocycles. The molecule has 0 aromatic heterocycles. The van der Waals surface area contributed by atoms with E-state index in [1.807, 2.05) is 4.90 Å². The van der Waals surface area contributed by atoms with E-state index in [-0.39, 0.29) is 24.0 Å². The third-order valence-electron chi connectivity index (χ3n) is 4.24. The van der Waals surface area contributed by atoms with Crippen molar-refractivity contribution in [1.29, 1.82) is 5.26 Å². The summed E-state index contributed by atoms with van der Waals surface area (Å²) in [5.74, 6) is 0.0523. The largest absolute Gasteiger partial charge is 0.333 e. The lowest BCUT2D eigenvalue weighted by Gasteiger charge is -2.37. The van der Waals surface area contributed by atoms with Gasteiger partial charge in [-0.2, -0.15) is 5.26 Å². The summed E-state index contributed by atoms with van der Waals surface area (Å²) in [6, 6.07) is 9.83. The lowest BCUT2D eigenvalue weighted by molar-refractivity contribution is 0.0575. The van der Waals surface area contributed by atoms with Crippen molar-refractivity contribution < 1.29 is 4.79 Å². The van der Waals surface area contributed by atoms with Crippen LogP contribution < -0.4 is 5.73 Å². The number of nitrogens with zero attached hydrogens (tertiary/aromatic N) is 2. The number of piperidine rings is 1. The topological polar surface area (TPSA) is 70.1 Å². The molecule has 2 bridgehead atoms. The Labute approximate surface area is 112 Å². The van der Waals surface area contributed by atoms with Crippen molar-refractivity contribution in [3.8, 4) is 6.07 Å². The van der Waals surface area contributed by atoms with Crippen LogP contribution in [0, 0.1) is 11.3 Å². The van der Waals surface area contributed by atoms with Gasteiger partial charge in [-0.1, -0.05) is 6.07 Å². The highest BCUT2D eigenvalue weighted by Gasteiger charge is 2.42. The number of nitriles is 1. The summed E-state index contributed by atoms with van der Waals surface area (Å²) in [6.07, 6.45) is 3.92. The summed E-state index contributed by atoms with van der Waals surface area (Å²) < 4.78 is 0. The van der Waals surface area contributed by atoms with Crippen molar-refractivity contribution in [3.63, 3.8) is 0 Å². The fourth-order valence-corrected chi connectivity index (χ4v) is 3.42. The average molecular weight is 255 g/mol. The highest BCUT2D eigenvalue weighted by Crippen LogP contribution is 2.36. The Morgan fingerprint density at radius 2 is 2.00 bits per heavy atom. The number of hydrogen-bond acceptors (Lipinski definition) is 3. The number of fused-ring (bicyclic) bond motifs is 2. The maximum absolute atomic E-state index is 12.6. The van der Waals surface area contributed by atoms with E-state index in [1.54, 1.807) is 24.3 Å². The zero-order chi connectivity index (χ0) is 13.4. The second kappa shape index (κ2) is 4.67. The monoisotopic (exact) mass is 255 g/mol. The predicted molar refractivity (Wildman–Crippen MR) is 71.3 cm³/mol. The molecule has 0 radical (unpaired) electrons. The molecule has 1 aromatic rings. The first-order valence-electron chi connectivity index (χ1n) is 6.77.